The summed E-state index contributed by atoms with van der Waals surface area (Å²) in [6.45, 7) is 3.17. The van der Waals surface area contributed by atoms with Crippen LogP contribution in [0, 0.1) is 11.6 Å². The van der Waals surface area contributed by atoms with Gasteiger partial charge in [-0.15, -0.1) is 0 Å². The van der Waals surface area contributed by atoms with Crippen LogP contribution in [0.3, 0.4) is 0 Å². The number of urea groups is 2. The second-order valence-electron chi connectivity index (χ2n) is 10.4. The number of hydrogen-bond donors (Lipinski definition) is 2. The second kappa shape index (κ2) is 10.1. The molecule has 1 aliphatic heterocycles. The van der Waals surface area contributed by atoms with Crippen molar-refractivity contribution in [3.05, 3.63) is 35.4 Å². The molecule has 9 heteroatoms. The highest BCUT2D eigenvalue weighted by Gasteiger charge is 2.57. The van der Waals surface area contributed by atoms with Gasteiger partial charge in [0, 0.05) is 17.6 Å². The first kappa shape index (κ1) is 24.7. The van der Waals surface area contributed by atoms with Gasteiger partial charge >= 0.3 is 12.1 Å². The zero-order chi connectivity index (χ0) is 24.5. The Balaban J connectivity index is 1.63. The molecule has 2 aliphatic carbocycles. The van der Waals surface area contributed by atoms with Gasteiger partial charge in [-0.25, -0.2) is 18.4 Å². The third kappa shape index (κ3) is 4.72. The van der Waals surface area contributed by atoms with Crippen molar-refractivity contribution in [2.24, 2.45) is 0 Å². The molecule has 2 saturated carbocycles. The first-order valence-corrected chi connectivity index (χ1v) is 12.5. The van der Waals surface area contributed by atoms with Crippen molar-refractivity contribution in [2.45, 2.75) is 108 Å². The number of carbonyl (C=O) groups is 2. The number of rotatable bonds is 5. The van der Waals surface area contributed by atoms with E-state index in [0.717, 1.165) is 76.3 Å². The van der Waals surface area contributed by atoms with E-state index in [1.165, 1.54) is 11.0 Å². The maximum absolute atomic E-state index is 14.5. The van der Waals surface area contributed by atoms with E-state index >= 15 is 0 Å². The quantitative estimate of drug-likeness (QED) is 0.441. The van der Waals surface area contributed by atoms with Gasteiger partial charge in [0.15, 0.2) is 6.17 Å². The molecular formula is C25H36F2N4O3. The van der Waals surface area contributed by atoms with Crippen LogP contribution >= 0.6 is 0 Å². The van der Waals surface area contributed by atoms with Crippen molar-refractivity contribution in [3.63, 3.8) is 0 Å². The molecule has 1 unspecified atom stereocenters. The van der Waals surface area contributed by atoms with Crippen LogP contribution in [0.25, 0.3) is 0 Å². The van der Waals surface area contributed by atoms with Gasteiger partial charge in [0.25, 0.3) is 0 Å². The Morgan fingerprint density at radius 3 is 2.21 bits per heavy atom. The highest BCUT2D eigenvalue weighted by molar-refractivity contribution is 5.81. The molecule has 1 aromatic carbocycles. The Hall–Kier alpha value is -2.42. The molecule has 188 valence electrons. The molecule has 4 amide bonds. The SMILES string of the molecule is CC1(C)C(N(O)C(=O)NC2CCCCC2)N(C2CCCCC2)C(=O)N1Cc1c(F)cccc1F. The topological polar surface area (TPSA) is 76.1 Å². The number of hydroxylamine groups is 2. The maximum atomic E-state index is 14.5. The van der Waals surface area contributed by atoms with E-state index in [0.29, 0.717) is 5.06 Å². The third-order valence-electron chi connectivity index (χ3n) is 7.76. The molecule has 0 aromatic heterocycles. The number of nitrogens with zero attached hydrogens (tertiary/aromatic N) is 3. The summed E-state index contributed by atoms with van der Waals surface area (Å²) < 4.78 is 28.9. The molecular weight excluding hydrogens is 442 g/mol. The fraction of sp³-hybridized carbons (Fsp3) is 0.680. The number of halogens is 2. The number of amides is 4. The van der Waals surface area contributed by atoms with Crippen LogP contribution in [0.15, 0.2) is 18.2 Å². The lowest BCUT2D eigenvalue weighted by Gasteiger charge is -2.41. The standard InChI is InChI=1S/C25H36F2N4O3/c1-25(2)22(31(34)23(32)28-17-10-5-3-6-11-17)30(18-12-7-4-8-13-18)24(33)29(25)16-19-20(26)14-9-15-21(19)27/h9,14-15,17-18,22,34H,3-8,10-13,16H2,1-2H3,(H,28,32). The van der Waals surface area contributed by atoms with Crippen molar-refractivity contribution < 1.29 is 23.6 Å². The van der Waals surface area contributed by atoms with Crippen molar-refractivity contribution in [1.82, 2.24) is 20.2 Å². The molecule has 1 heterocycles. The predicted octanol–water partition coefficient (Wildman–Crippen LogP) is 5.37. The minimum absolute atomic E-state index is 0.0112. The lowest BCUT2D eigenvalue weighted by molar-refractivity contribution is -0.141. The Labute approximate surface area is 200 Å². The summed E-state index contributed by atoms with van der Waals surface area (Å²) in [6.07, 6.45) is 8.41. The van der Waals surface area contributed by atoms with E-state index in [4.69, 9.17) is 0 Å². The molecule has 1 saturated heterocycles. The number of hydrogen-bond acceptors (Lipinski definition) is 3. The third-order valence-corrected chi connectivity index (χ3v) is 7.76. The van der Waals surface area contributed by atoms with Gasteiger partial charge in [0.2, 0.25) is 0 Å². The summed E-state index contributed by atoms with van der Waals surface area (Å²) in [7, 11) is 0. The highest BCUT2D eigenvalue weighted by Crippen LogP contribution is 2.40. The molecule has 2 N–H and O–H groups in total. The maximum Gasteiger partial charge on any atom is 0.343 e. The Kier molecular flexibility index (Phi) is 7.31. The monoisotopic (exact) mass is 478 g/mol. The minimum Gasteiger partial charge on any atom is -0.333 e. The molecule has 34 heavy (non-hydrogen) atoms. The molecule has 3 fully saturated rings. The smallest absolute Gasteiger partial charge is 0.333 e. The van der Waals surface area contributed by atoms with Crippen LogP contribution in [0.2, 0.25) is 0 Å². The Bertz CT molecular complexity index is 880. The zero-order valence-electron chi connectivity index (χ0n) is 20.1. The van der Waals surface area contributed by atoms with Crippen molar-refractivity contribution in [2.75, 3.05) is 0 Å². The van der Waals surface area contributed by atoms with E-state index in [1.54, 1.807) is 18.7 Å². The molecule has 3 aliphatic rings. The lowest BCUT2D eigenvalue weighted by Crippen LogP contribution is -2.61. The average Bonchev–Trinajstić information content (AvgIpc) is 3.02. The van der Waals surface area contributed by atoms with Crippen LogP contribution < -0.4 is 5.32 Å². The van der Waals surface area contributed by atoms with Crippen molar-refractivity contribution >= 4 is 12.1 Å². The molecule has 0 radical (unpaired) electrons. The highest BCUT2D eigenvalue weighted by atomic mass is 19.1. The van der Waals surface area contributed by atoms with Crippen LogP contribution in [0.1, 0.15) is 83.6 Å². The number of benzene rings is 1. The normalized spacial score (nSPS) is 23.9. The number of carbonyl (C=O) groups excluding carboxylic acids is 2. The summed E-state index contributed by atoms with van der Waals surface area (Å²) in [6, 6.07) is 2.39. The zero-order valence-corrected chi connectivity index (χ0v) is 20.1. The molecule has 0 spiro atoms. The van der Waals surface area contributed by atoms with Gasteiger partial charge in [-0.1, -0.05) is 44.6 Å². The Morgan fingerprint density at radius 1 is 1.06 bits per heavy atom. The van der Waals surface area contributed by atoms with Gasteiger partial charge in [0.1, 0.15) is 11.6 Å². The minimum atomic E-state index is -1.10. The molecule has 1 atom stereocenters. The molecule has 4 rings (SSSR count). The van der Waals surface area contributed by atoms with Crippen LogP contribution in [-0.4, -0.2) is 55.9 Å². The van der Waals surface area contributed by atoms with E-state index in [9.17, 15) is 23.6 Å². The van der Waals surface area contributed by atoms with Crippen molar-refractivity contribution in [1.29, 1.82) is 0 Å². The number of nitrogens with one attached hydrogen (secondary N) is 1. The summed E-state index contributed by atoms with van der Waals surface area (Å²) >= 11 is 0. The van der Waals surface area contributed by atoms with E-state index < -0.39 is 35.4 Å². The summed E-state index contributed by atoms with van der Waals surface area (Å²) in [5, 5.41) is 14.7. The Morgan fingerprint density at radius 2 is 1.62 bits per heavy atom. The van der Waals surface area contributed by atoms with Crippen LogP contribution in [0.5, 0.6) is 0 Å². The fourth-order valence-electron chi connectivity index (χ4n) is 5.81. The van der Waals surface area contributed by atoms with Gasteiger partial charge < -0.3 is 10.2 Å². The van der Waals surface area contributed by atoms with Gasteiger partial charge in [0.05, 0.1) is 12.1 Å². The molecule has 0 bridgehead atoms. The van der Waals surface area contributed by atoms with E-state index in [-0.39, 0.29) is 24.2 Å². The van der Waals surface area contributed by atoms with E-state index in [2.05, 4.69) is 5.32 Å². The first-order chi connectivity index (χ1) is 16.2. The average molecular weight is 479 g/mol. The molecule has 1 aromatic rings. The fourth-order valence-corrected chi connectivity index (χ4v) is 5.81. The van der Waals surface area contributed by atoms with Gasteiger partial charge in [-0.2, -0.15) is 5.06 Å². The van der Waals surface area contributed by atoms with Crippen molar-refractivity contribution in [3.8, 4) is 0 Å². The molecule has 7 nitrogen and oxygen atoms in total. The largest absolute Gasteiger partial charge is 0.343 e. The summed E-state index contributed by atoms with van der Waals surface area (Å²) in [4.78, 5) is 29.7. The summed E-state index contributed by atoms with van der Waals surface area (Å²) in [5.74, 6) is -1.46. The lowest BCUT2D eigenvalue weighted by atomic mass is 9.92. The van der Waals surface area contributed by atoms with Gasteiger partial charge in [-0.05, 0) is 51.7 Å². The predicted molar refractivity (Wildman–Crippen MR) is 123 cm³/mol. The summed E-state index contributed by atoms with van der Waals surface area (Å²) in [5.41, 5.74) is -1.30. The van der Waals surface area contributed by atoms with E-state index in [1.807, 2.05) is 0 Å². The second-order valence-corrected chi connectivity index (χ2v) is 10.4. The van der Waals surface area contributed by atoms with Gasteiger partial charge in [-0.3, -0.25) is 10.1 Å². The first-order valence-electron chi connectivity index (χ1n) is 12.5. The van der Waals surface area contributed by atoms with Crippen LogP contribution in [0.4, 0.5) is 18.4 Å². The van der Waals surface area contributed by atoms with Crippen LogP contribution in [-0.2, 0) is 6.54 Å².